The molecule has 2 aromatic heterocycles. The Bertz CT molecular complexity index is 2360. The second-order valence-electron chi connectivity index (χ2n) is 20.0. The Labute approximate surface area is 396 Å². The number of nitrogens with zero attached hydrogens (tertiary/aromatic N) is 3. The third-order valence-corrected chi connectivity index (χ3v) is 17.0. The molecule has 16 nitrogen and oxygen atoms in total. The highest BCUT2D eigenvalue weighted by atomic mass is 32.2. The minimum absolute atomic E-state index is 0.114. The van der Waals surface area contributed by atoms with Crippen LogP contribution in [0, 0.1) is 5.41 Å². The first-order chi connectivity index (χ1) is 31.5. The number of hydrogen-bond acceptors (Lipinski definition) is 12. The molecule has 3 heterocycles. The second kappa shape index (κ2) is 21.2. The number of nitrogens with one attached hydrogen (secondary N) is 4. The Kier molecular flexibility index (Phi) is 16.3. The van der Waals surface area contributed by atoms with Crippen LogP contribution in [-0.4, -0.2) is 119 Å². The molecule has 4 amide bonds. The molecule has 3 aromatic rings. The van der Waals surface area contributed by atoms with Crippen molar-refractivity contribution in [3.63, 3.8) is 0 Å². The molecule has 6 rings (SSSR count). The Hall–Kier alpha value is -4.85. The number of alkyl halides is 2. The van der Waals surface area contributed by atoms with Crippen LogP contribution < -0.4 is 30.7 Å². The molecule has 3 fully saturated rings. The fourth-order valence-electron chi connectivity index (χ4n) is 9.48. The monoisotopic (exact) mass is 975 g/mol. The molecule has 370 valence electrons. The number of thiazole rings is 1. The number of carbonyl (C=O) groups is 4. The lowest BCUT2D eigenvalue weighted by Crippen LogP contribution is -2.64. The summed E-state index contributed by atoms with van der Waals surface area (Å²) < 4.78 is 65.0. The van der Waals surface area contributed by atoms with Crippen LogP contribution >= 0.6 is 11.3 Å². The number of benzene rings is 1. The van der Waals surface area contributed by atoms with Crippen LogP contribution in [-0.2, 0) is 24.2 Å². The molecule has 2 saturated carbocycles. The largest absolute Gasteiger partial charge is 0.497 e. The lowest BCUT2D eigenvalue weighted by atomic mass is 9.70. The van der Waals surface area contributed by atoms with Gasteiger partial charge < -0.3 is 40.7 Å². The van der Waals surface area contributed by atoms with Crippen molar-refractivity contribution in [2.45, 2.75) is 172 Å². The van der Waals surface area contributed by atoms with Gasteiger partial charge in [0.15, 0.2) is 15.0 Å². The first-order valence-corrected chi connectivity index (χ1v) is 25.9. The van der Waals surface area contributed by atoms with Gasteiger partial charge in [0.2, 0.25) is 18.2 Å². The van der Waals surface area contributed by atoms with E-state index in [-0.39, 0.29) is 24.8 Å². The summed E-state index contributed by atoms with van der Waals surface area (Å²) in [6.45, 7) is 10.6. The number of hydrogen-bond donors (Lipinski definition) is 5. The molecule has 0 bridgehead atoms. The van der Waals surface area contributed by atoms with E-state index in [1.54, 1.807) is 45.0 Å². The lowest BCUT2D eigenvalue weighted by Gasteiger charge is -2.44. The molecule has 5 N–H and O–H groups in total. The molecule has 0 unspecified atom stereocenters. The van der Waals surface area contributed by atoms with Crippen molar-refractivity contribution in [3.05, 3.63) is 29.6 Å². The molecule has 4 atom stereocenters. The van der Waals surface area contributed by atoms with Crippen LogP contribution in [0.3, 0.4) is 0 Å². The van der Waals surface area contributed by atoms with Crippen molar-refractivity contribution in [1.29, 1.82) is 0 Å². The number of fused-ring (bicyclic) bond motifs is 1. The number of likely N-dealkylation sites (tertiary alicyclic amines) is 1. The van der Waals surface area contributed by atoms with E-state index < -0.39 is 92.8 Å². The standard InChI is InChI=1S/C47H67F2N7O9S2/c1-28(2)50-44-53-35(26-66-44)34-24-37(31-15-14-29(64-7)22-33(31)51-34)65-30-23-36(40(57)52-32(42(59)60)16-17-38(48)49)56(25-30)41(58)39(46(6)18-10-8-11-19-46)54-43(61)55-47(20-12-9-13-21-47)27-67(62,63)45(3,4)5/h14-15,22,24,26,28,30,32,36,38-39H,8-13,16-21,23,25,27H2,1-7H3,(H,50,53)(H,52,57)(H,59,60)(H2,54,55,61)/t30-,32+,36+,39-/m1/s1. The van der Waals surface area contributed by atoms with Crippen molar-refractivity contribution in [3.8, 4) is 22.9 Å². The zero-order chi connectivity index (χ0) is 48.9. The van der Waals surface area contributed by atoms with Gasteiger partial charge in [0, 0.05) is 41.8 Å². The number of halogens is 2. The van der Waals surface area contributed by atoms with E-state index in [0.717, 1.165) is 25.7 Å². The molecule has 0 spiro atoms. The van der Waals surface area contributed by atoms with E-state index in [0.29, 0.717) is 77.4 Å². The van der Waals surface area contributed by atoms with Gasteiger partial charge >= 0.3 is 12.0 Å². The van der Waals surface area contributed by atoms with Gasteiger partial charge in [-0.1, -0.05) is 45.4 Å². The normalized spacial score (nSPS) is 20.6. The number of methoxy groups -OCH3 is 1. The van der Waals surface area contributed by atoms with E-state index in [1.165, 1.54) is 23.3 Å². The molecule has 1 aliphatic heterocycles. The quantitative estimate of drug-likeness (QED) is 0.0829. The molecular formula is C47H67F2N7O9S2. The van der Waals surface area contributed by atoms with Gasteiger partial charge in [-0.2, -0.15) is 0 Å². The van der Waals surface area contributed by atoms with E-state index in [1.807, 2.05) is 26.2 Å². The number of aliphatic carboxylic acids is 1. The van der Waals surface area contributed by atoms with E-state index in [2.05, 4.69) is 21.3 Å². The molecular weight excluding hydrogens is 909 g/mol. The minimum Gasteiger partial charge on any atom is -0.497 e. The predicted octanol–water partition coefficient (Wildman–Crippen LogP) is 7.70. The first-order valence-electron chi connectivity index (χ1n) is 23.3. The van der Waals surface area contributed by atoms with Gasteiger partial charge in [-0.15, -0.1) is 11.3 Å². The van der Waals surface area contributed by atoms with Crippen LogP contribution in [0.25, 0.3) is 22.3 Å². The maximum atomic E-state index is 15.4. The summed E-state index contributed by atoms with van der Waals surface area (Å²) in [4.78, 5) is 67.3. The van der Waals surface area contributed by atoms with Gasteiger partial charge in [-0.25, -0.2) is 36.8 Å². The number of aromatic nitrogens is 2. The molecule has 20 heteroatoms. The van der Waals surface area contributed by atoms with Gasteiger partial charge in [0.1, 0.15) is 41.4 Å². The number of rotatable bonds is 18. The Morgan fingerprint density at radius 3 is 2.24 bits per heavy atom. The average molecular weight is 976 g/mol. The maximum Gasteiger partial charge on any atom is 0.326 e. The number of pyridine rings is 1. The van der Waals surface area contributed by atoms with Gasteiger partial charge in [0.25, 0.3) is 0 Å². The summed E-state index contributed by atoms with van der Waals surface area (Å²) in [6.07, 6.45) is 1.66. The number of carbonyl (C=O) groups excluding carboxylic acids is 3. The maximum absolute atomic E-state index is 15.4. The Morgan fingerprint density at radius 1 is 0.955 bits per heavy atom. The number of anilines is 1. The topological polar surface area (TPSA) is 218 Å². The summed E-state index contributed by atoms with van der Waals surface area (Å²) in [6, 6.07) is 2.24. The predicted molar refractivity (Wildman–Crippen MR) is 254 cm³/mol. The minimum atomic E-state index is -3.68. The van der Waals surface area contributed by atoms with Gasteiger partial charge in [0.05, 0.1) is 40.9 Å². The van der Waals surface area contributed by atoms with Crippen LogP contribution in [0.5, 0.6) is 11.5 Å². The van der Waals surface area contributed by atoms with Crippen molar-refractivity contribution in [1.82, 2.24) is 30.8 Å². The molecule has 2 aliphatic carbocycles. The number of amides is 4. The zero-order valence-corrected chi connectivity index (χ0v) is 41.2. The average Bonchev–Trinajstić information content (AvgIpc) is 3.90. The number of urea groups is 1. The van der Waals surface area contributed by atoms with Crippen LogP contribution in [0.1, 0.15) is 125 Å². The van der Waals surface area contributed by atoms with Crippen molar-refractivity contribution >= 4 is 61.0 Å². The van der Waals surface area contributed by atoms with E-state index >= 15 is 4.79 Å². The lowest BCUT2D eigenvalue weighted by molar-refractivity contribution is -0.145. The summed E-state index contributed by atoms with van der Waals surface area (Å²) in [5.74, 6) is -2.35. The summed E-state index contributed by atoms with van der Waals surface area (Å²) in [5.41, 5.74) is -0.287. The van der Waals surface area contributed by atoms with Crippen LogP contribution in [0.4, 0.5) is 18.7 Å². The molecule has 1 saturated heterocycles. The SMILES string of the molecule is COc1ccc2c(O[C@@H]3C[C@@H](C(=O)N[C@@H](CCC(F)F)C(=O)O)N(C(=O)[C@@H](NC(=O)NC4(CS(=O)(=O)C(C)(C)C)CCCCC4)C4(C)CCCCC4)C3)cc(-c3csc(NC(C)C)n3)nc2c1. The molecule has 1 aromatic carbocycles. The Balaban J connectivity index is 1.36. The van der Waals surface area contributed by atoms with Crippen molar-refractivity contribution in [2.75, 3.05) is 24.7 Å². The van der Waals surface area contributed by atoms with Gasteiger partial charge in [-0.05, 0) is 84.3 Å². The first kappa shape index (κ1) is 51.5. The van der Waals surface area contributed by atoms with E-state index in [4.69, 9.17) is 19.4 Å². The number of carboxylic acids is 1. The molecule has 0 radical (unpaired) electrons. The van der Waals surface area contributed by atoms with E-state index in [9.17, 15) is 36.7 Å². The fourth-order valence-corrected chi connectivity index (χ4v) is 11.9. The smallest absolute Gasteiger partial charge is 0.326 e. The number of ether oxygens (including phenoxy) is 2. The van der Waals surface area contributed by atoms with Crippen molar-refractivity contribution < 1.29 is 51.0 Å². The highest BCUT2D eigenvalue weighted by molar-refractivity contribution is 7.92. The highest BCUT2D eigenvalue weighted by Crippen LogP contribution is 2.42. The zero-order valence-electron chi connectivity index (χ0n) is 39.6. The Morgan fingerprint density at radius 2 is 1.63 bits per heavy atom. The number of sulfone groups is 1. The summed E-state index contributed by atoms with van der Waals surface area (Å²) >= 11 is 1.41. The van der Waals surface area contributed by atoms with Gasteiger partial charge in [-0.3, -0.25) is 9.59 Å². The fraction of sp³-hybridized carbons (Fsp3) is 0.660. The number of carboxylic acid groups (broad SMARTS) is 1. The summed E-state index contributed by atoms with van der Waals surface area (Å²) in [7, 11) is -2.14. The highest BCUT2D eigenvalue weighted by Gasteiger charge is 2.50. The molecule has 67 heavy (non-hydrogen) atoms. The third-order valence-electron chi connectivity index (χ3n) is 13.4. The summed E-state index contributed by atoms with van der Waals surface area (Å²) in [5, 5.41) is 24.9. The second-order valence-corrected chi connectivity index (χ2v) is 23.6. The van der Waals surface area contributed by atoms with Crippen molar-refractivity contribution in [2.24, 2.45) is 5.41 Å². The molecule has 3 aliphatic rings. The third kappa shape index (κ3) is 12.6. The van der Waals surface area contributed by atoms with Crippen LogP contribution in [0.2, 0.25) is 0 Å². The van der Waals surface area contributed by atoms with Crippen LogP contribution in [0.15, 0.2) is 29.6 Å².